The number of fused-ring (bicyclic) bond motifs is 4. The number of nitrogens with one attached hydrogen (secondary N) is 1. The summed E-state index contributed by atoms with van der Waals surface area (Å²) in [4.78, 5) is 22.2. The molecule has 0 aliphatic carbocycles. The van der Waals surface area contributed by atoms with E-state index >= 15 is 0 Å². The highest BCUT2D eigenvalue weighted by molar-refractivity contribution is 9.10. The average molecular weight is 445 g/mol. The van der Waals surface area contributed by atoms with Crippen LogP contribution in [0.1, 0.15) is 6.42 Å². The van der Waals surface area contributed by atoms with Gasteiger partial charge in [-0.1, -0.05) is 46.3 Å². The number of hydrogen-bond acceptors (Lipinski definition) is 3. The molecule has 2 aromatic heterocycles. The van der Waals surface area contributed by atoms with Gasteiger partial charge in [0.25, 0.3) is 0 Å². The van der Waals surface area contributed by atoms with Crippen LogP contribution in [0, 0.1) is 0 Å². The Bertz CT molecular complexity index is 1360. The lowest BCUT2D eigenvalue weighted by Crippen LogP contribution is -2.14. The van der Waals surface area contributed by atoms with E-state index in [9.17, 15) is 4.79 Å². The van der Waals surface area contributed by atoms with Crippen LogP contribution in [0.2, 0.25) is 0 Å². The molecular formula is C23H17BrN4O. The van der Waals surface area contributed by atoms with Crippen molar-refractivity contribution < 1.29 is 4.79 Å². The van der Waals surface area contributed by atoms with E-state index in [1.807, 2.05) is 60.7 Å². The van der Waals surface area contributed by atoms with Crippen LogP contribution < -0.4 is 5.32 Å². The third kappa shape index (κ3) is 3.36. The number of aryl methyl sites for hydroxylation is 1. The van der Waals surface area contributed by atoms with Crippen LogP contribution in [0.4, 0.5) is 5.69 Å². The summed E-state index contributed by atoms with van der Waals surface area (Å²) in [6.07, 6.45) is 0.346. The number of carbonyl (C=O) groups is 1. The third-order valence-corrected chi connectivity index (χ3v) is 5.48. The molecule has 0 spiro atoms. The van der Waals surface area contributed by atoms with Gasteiger partial charge in [0.15, 0.2) is 5.65 Å². The van der Waals surface area contributed by atoms with E-state index in [4.69, 9.17) is 9.97 Å². The number of carbonyl (C=O) groups excluding carboxylic acids is 1. The highest BCUT2D eigenvalue weighted by Crippen LogP contribution is 2.28. The zero-order chi connectivity index (χ0) is 19.8. The second-order valence-corrected chi connectivity index (χ2v) is 7.77. The van der Waals surface area contributed by atoms with Crippen LogP contribution in [-0.4, -0.2) is 20.4 Å². The van der Waals surface area contributed by atoms with Crippen molar-refractivity contribution in [1.82, 2.24) is 14.5 Å². The predicted octanol–water partition coefficient (Wildman–Crippen LogP) is 5.53. The van der Waals surface area contributed by atoms with Crippen LogP contribution in [0.25, 0.3) is 33.1 Å². The van der Waals surface area contributed by atoms with Gasteiger partial charge in [-0.25, -0.2) is 9.97 Å². The largest absolute Gasteiger partial charge is 0.326 e. The third-order valence-electron chi connectivity index (χ3n) is 4.95. The van der Waals surface area contributed by atoms with E-state index in [1.165, 1.54) is 0 Å². The van der Waals surface area contributed by atoms with Crippen molar-refractivity contribution in [3.8, 4) is 0 Å². The number of para-hydroxylation sites is 3. The summed E-state index contributed by atoms with van der Waals surface area (Å²) in [5.41, 5.74) is 5.22. The second-order valence-electron chi connectivity index (χ2n) is 6.86. The van der Waals surface area contributed by atoms with Crippen LogP contribution in [0.3, 0.4) is 0 Å². The van der Waals surface area contributed by atoms with Crippen molar-refractivity contribution in [1.29, 1.82) is 0 Å². The van der Waals surface area contributed by atoms with Gasteiger partial charge in [-0.2, -0.15) is 0 Å². The van der Waals surface area contributed by atoms with Crippen LogP contribution >= 0.6 is 15.9 Å². The van der Waals surface area contributed by atoms with Gasteiger partial charge in [0.05, 0.1) is 16.6 Å². The van der Waals surface area contributed by atoms with Gasteiger partial charge in [-0.15, -0.1) is 0 Å². The molecule has 29 heavy (non-hydrogen) atoms. The van der Waals surface area contributed by atoms with E-state index in [0.29, 0.717) is 13.0 Å². The smallest absolute Gasteiger partial charge is 0.226 e. The molecule has 0 atom stereocenters. The molecule has 5 aromatic rings. The lowest BCUT2D eigenvalue weighted by atomic mass is 10.2. The van der Waals surface area contributed by atoms with E-state index < -0.39 is 0 Å². The van der Waals surface area contributed by atoms with Gasteiger partial charge >= 0.3 is 0 Å². The van der Waals surface area contributed by atoms with E-state index in [2.05, 4.69) is 37.9 Å². The van der Waals surface area contributed by atoms with E-state index in [-0.39, 0.29) is 5.91 Å². The summed E-state index contributed by atoms with van der Waals surface area (Å²) in [7, 11) is 0. The summed E-state index contributed by atoms with van der Waals surface area (Å²) in [5, 5.41) is 4.00. The first-order valence-electron chi connectivity index (χ1n) is 9.38. The Hall–Kier alpha value is -3.25. The summed E-state index contributed by atoms with van der Waals surface area (Å²) in [6.45, 7) is 0.527. The van der Waals surface area contributed by atoms with Crippen LogP contribution in [0.15, 0.2) is 77.3 Å². The molecular weight excluding hydrogens is 428 g/mol. The standard InChI is InChI=1S/C23H17BrN4O/c24-15-9-11-16(12-10-15)25-21(29)13-14-28-20-8-4-1-5-17(20)22-23(28)27-19-7-3-2-6-18(19)26-22/h1-12H,13-14H2,(H,25,29). The Morgan fingerprint density at radius 3 is 2.38 bits per heavy atom. The van der Waals surface area contributed by atoms with E-state index in [0.717, 1.165) is 43.3 Å². The molecule has 0 fully saturated rings. The van der Waals surface area contributed by atoms with Crippen molar-refractivity contribution in [2.24, 2.45) is 0 Å². The van der Waals surface area contributed by atoms with E-state index in [1.54, 1.807) is 0 Å². The Kier molecular flexibility index (Phi) is 4.48. The van der Waals surface area contributed by atoms with Gasteiger partial charge in [0.1, 0.15) is 5.52 Å². The first kappa shape index (κ1) is 17.8. The summed E-state index contributed by atoms with van der Waals surface area (Å²) in [6, 6.07) is 23.5. The summed E-state index contributed by atoms with van der Waals surface area (Å²) >= 11 is 3.40. The van der Waals surface area contributed by atoms with Crippen molar-refractivity contribution in [3.63, 3.8) is 0 Å². The number of halogens is 1. The average Bonchev–Trinajstić information content (AvgIpc) is 3.05. The normalized spacial score (nSPS) is 11.3. The molecule has 3 aromatic carbocycles. The fraction of sp³-hybridized carbons (Fsp3) is 0.0870. The van der Waals surface area contributed by atoms with Gasteiger partial charge in [0, 0.05) is 28.5 Å². The van der Waals surface area contributed by atoms with Crippen molar-refractivity contribution in [2.45, 2.75) is 13.0 Å². The molecule has 0 unspecified atom stereocenters. The number of rotatable bonds is 4. The first-order valence-corrected chi connectivity index (χ1v) is 10.2. The molecule has 5 rings (SSSR count). The molecule has 5 nitrogen and oxygen atoms in total. The van der Waals surface area contributed by atoms with Crippen LogP contribution in [0.5, 0.6) is 0 Å². The maximum absolute atomic E-state index is 12.5. The number of aromatic nitrogens is 3. The Balaban J connectivity index is 1.50. The molecule has 0 saturated heterocycles. The quantitative estimate of drug-likeness (QED) is 0.396. The molecule has 0 radical (unpaired) electrons. The Morgan fingerprint density at radius 1 is 0.897 bits per heavy atom. The minimum atomic E-state index is -0.0352. The number of nitrogens with zero attached hydrogens (tertiary/aromatic N) is 3. The zero-order valence-electron chi connectivity index (χ0n) is 15.5. The van der Waals surface area contributed by atoms with Crippen molar-refractivity contribution in [3.05, 3.63) is 77.3 Å². The van der Waals surface area contributed by atoms with Gasteiger partial charge in [-0.05, 0) is 42.5 Å². The SMILES string of the molecule is O=C(CCn1c2ccccc2c2nc3ccccc3nc21)Nc1ccc(Br)cc1. The Morgan fingerprint density at radius 2 is 1.59 bits per heavy atom. The number of hydrogen-bond donors (Lipinski definition) is 1. The number of benzene rings is 3. The maximum Gasteiger partial charge on any atom is 0.226 e. The topological polar surface area (TPSA) is 59.8 Å². The first-order chi connectivity index (χ1) is 14.2. The van der Waals surface area contributed by atoms with Crippen molar-refractivity contribution in [2.75, 3.05) is 5.32 Å². The molecule has 1 amide bonds. The molecule has 0 aliphatic heterocycles. The van der Waals surface area contributed by atoms with Gasteiger partial charge in [-0.3, -0.25) is 4.79 Å². The number of amides is 1. The predicted molar refractivity (Wildman–Crippen MR) is 120 cm³/mol. The molecule has 6 heteroatoms. The molecule has 0 bridgehead atoms. The fourth-order valence-corrected chi connectivity index (χ4v) is 3.84. The summed E-state index contributed by atoms with van der Waals surface area (Å²) < 4.78 is 3.07. The Labute approximate surface area is 175 Å². The lowest BCUT2D eigenvalue weighted by molar-refractivity contribution is -0.116. The second kappa shape index (κ2) is 7.29. The zero-order valence-corrected chi connectivity index (χ0v) is 17.1. The number of anilines is 1. The minimum Gasteiger partial charge on any atom is -0.326 e. The molecule has 0 saturated carbocycles. The molecule has 1 N–H and O–H groups in total. The molecule has 142 valence electrons. The van der Waals surface area contributed by atoms with Crippen molar-refractivity contribution >= 4 is 60.6 Å². The molecule has 0 aliphatic rings. The summed E-state index contributed by atoms with van der Waals surface area (Å²) in [5.74, 6) is -0.0352. The maximum atomic E-state index is 12.5. The molecule has 2 heterocycles. The fourth-order valence-electron chi connectivity index (χ4n) is 3.58. The minimum absolute atomic E-state index is 0.0352. The lowest BCUT2D eigenvalue weighted by Gasteiger charge is -2.08. The highest BCUT2D eigenvalue weighted by atomic mass is 79.9. The monoisotopic (exact) mass is 444 g/mol. The van der Waals surface area contributed by atoms with Crippen LogP contribution in [-0.2, 0) is 11.3 Å². The highest BCUT2D eigenvalue weighted by Gasteiger charge is 2.15. The van der Waals surface area contributed by atoms with Gasteiger partial charge < -0.3 is 9.88 Å². The van der Waals surface area contributed by atoms with Gasteiger partial charge in [0.2, 0.25) is 5.91 Å².